The van der Waals surface area contributed by atoms with Crippen molar-refractivity contribution < 1.29 is 5.11 Å². The summed E-state index contributed by atoms with van der Waals surface area (Å²) in [5.74, 6) is 0.711. The predicted molar refractivity (Wildman–Crippen MR) is 101 cm³/mol. The third kappa shape index (κ3) is 7.81. The first-order valence-corrected chi connectivity index (χ1v) is 8.86. The fourth-order valence-corrected chi connectivity index (χ4v) is 3.21. The number of hydrogen-bond donors (Lipinski definition) is 2. The lowest BCUT2D eigenvalue weighted by Gasteiger charge is -2.24. The van der Waals surface area contributed by atoms with Crippen LogP contribution in [0.4, 0.5) is 0 Å². The van der Waals surface area contributed by atoms with Crippen molar-refractivity contribution in [3.63, 3.8) is 0 Å². The second kappa shape index (κ2) is 9.24. The minimum absolute atomic E-state index is 0.0326. The third-order valence-corrected chi connectivity index (χ3v) is 4.12. The molecule has 0 saturated carbocycles. The highest BCUT2D eigenvalue weighted by Gasteiger charge is 2.14. The lowest BCUT2D eigenvalue weighted by atomic mass is 9.96. The number of aliphatic hydroxyl groups is 1. The van der Waals surface area contributed by atoms with Gasteiger partial charge in [-0.3, -0.25) is 0 Å². The maximum absolute atomic E-state index is 9.06. The SMILES string of the molecule is C/C(=C\C(C)(C)NCCc1ccc(CCO)c(C)c1)CC(C)C. The van der Waals surface area contributed by atoms with E-state index in [1.807, 2.05) is 0 Å². The number of benzene rings is 1. The van der Waals surface area contributed by atoms with Gasteiger partial charge in [-0.15, -0.1) is 0 Å². The molecule has 0 aromatic heterocycles. The van der Waals surface area contributed by atoms with Crippen molar-refractivity contribution in [2.75, 3.05) is 13.2 Å². The summed E-state index contributed by atoms with van der Waals surface area (Å²) >= 11 is 0. The molecule has 0 heterocycles. The minimum Gasteiger partial charge on any atom is -0.396 e. The van der Waals surface area contributed by atoms with Gasteiger partial charge in [0.25, 0.3) is 0 Å². The van der Waals surface area contributed by atoms with Crippen LogP contribution in [0, 0.1) is 12.8 Å². The smallest absolute Gasteiger partial charge is 0.0471 e. The van der Waals surface area contributed by atoms with Gasteiger partial charge in [-0.2, -0.15) is 0 Å². The number of aliphatic hydroxyl groups excluding tert-OH is 1. The van der Waals surface area contributed by atoms with Gasteiger partial charge in [0.05, 0.1) is 0 Å². The molecular weight excluding hydrogens is 282 g/mol. The highest BCUT2D eigenvalue weighted by atomic mass is 16.2. The van der Waals surface area contributed by atoms with E-state index in [2.05, 4.69) is 71.1 Å². The van der Waals surface area contributed by atoms with Gasteiger partial charge in [0.1, 0.15) is 0 Å². The first-order chi connectivity index (χ1) is 10.7. The molecule has 0 saturated heterocycles. The molecule has 0 bridgehead atoms. The van der Waals surface area contributed by atoms with Crippen LogP contribution in [0.1, 0.15) is 57.7 Å². The average molecular weight is 318 g/mol. The lowest BCUT2D eigenvalue weighted by molar-refractivity contribution is 0.299. The van der Waals surface area contributed by atoms with E-state index in [0.717, 1.165) is 25.8 Å². The molecule has 1 rings (SSSR count). The number of rotatable bonds is 9. The Balaban J connectivity index is 2.54. The molecular formula is C21H35NO. The molecule has 1 aromatic carbocycles. The molecule has 0 aliphatic rings. The Hall–Kier alpha value is -1.12. The Morgan fingerprint density at radius 3 is 2.52 bits per heavy atom. The fourth-order valence-electron chi connectivity index (χ4n) is 3.21. The van der Waals surface area contributed by atoms with E-state index < -0.39 is 0 Å². The minimum atomic E-state index is 0.0326. The van der Waals surface area contributed by atoms with E-state index in [9.17, 15) is 0 Å². The van der Waals surface area contributed by atoms with Gasteiger partial charge in [0, 0.05) is 12.1 Å². The molecule has 0 atom stereocenters. The summed E-state index contributed by atoms with van der Waals surface area (Å²) in [6, 6.07) is 6.59. The van der Waals surface area contributed by atoms with E-state index in [4.69, 9.17) is 5.11 Å². The Morgan fingerprint density at radius 2 is 1.96 bits per heavy atom. The Morgan fingerprint density at radius 1 is 1.26 bits per heavy atom. The second-order valence-corrected chi connectivity index (χ2v) is 7.72. The van der Waals surface area contributed by atoms with Crippen LogP contribution in [0.3, 0.4) is 0 Å². The van der Waals surface area contributed by atoms with Gasteiger partial charge >= 0.3 is 0 Å². The summed E-state index contributed by atoms with van der Waals surface area (Å²) in [7, 11) is 0. The van der Waals surface area contributed by atoms with Gasteiger partial charge in [-0.25, -0.2) is 0 Å². The summed E-state index contributed by atoms with van der Waals surface area (Å²) in [4.78, 5) is 0. The van der Waals surface area contributed by atoms with Crippen LogP contribution in [-0.2, 0) is 12.8 Å². The van der Waals surface area contributed by atoms with Gasteiger partial charge in [-0.05, 0) is 76.1 Å². The molecule has 2 heteroatoms. The molecule has 0 aliphatic carbocycles. The molecule has 0 amide bonds. The maximum atomic E-state index is 9.06. The van der Waals surface area contributed by atoms with Crippen molar-refractivity contribution >= 4 is 0 Å². The number of nitrogens with one attached hydrogen (secondary N) is 1. The van der Waals surface area contributed by atoms with Crippen LogP contribution in [0.5, 0.6) is 0 Å². The zero-order chi connectivity index (χ0) is 17.5. The number of aryl methyl sites for hydroxylation is 1. The van der Waals surface area contributed by atoms with Crippen LogP contribution < -0.4 is 5.32 Å². The van der Waals surface area contributed by atoms with Crippen molar-refractivity contribution in [1.29, 1.82) is 0 Å². The first-order valence-electron chi connectivity index (χ1n) is 8.86. The van der Waals surface area contributed by atoms with Crippen molar-refractivity contribution in [3.05, 3.63) is 46.5 Å². The molecule has 0 spiro atoms. The van der Waals surface area contributed by atoms with Crippen LogP contribution in [0.15, 0.2) is 29.8 Å². The van der Waals surface area contributed by atoms with E-state index in [1.54, 1.807) is 0 Å². The monoisotopic (exact) mass is 317 g/mol. The largest absolute Gasteiger partial charge is 0.396 e. The zero-order valence-corrected chi connectivity index (χ0v) is 15.9. The lowest BCUT2D eigenvalue weighted by Crippen LogP contribution is -2.38. The number of allylic oxidation sites excluding steroid dienone is 1. The summed E-state index contributed by atoms with van der Waals surface area (Å²) in [6.07, 6.45) is 5.30. The quantitative estimate of drug-likeness (QED) is 0.660. The van der Waals surface area contributed by atoms with E-state index in [-0.39, 0.29) is 12.1 Å². The van der Waals surface area contributed by atoms with Crippen LogP contribution in [0.2, 0.25) is 0 Å². The first kappa shape index (κ1) is 19.9. The van der Waals surface area contributed by atoms with Crippen LogP contribution in [0.25, 0.3) is 0 Å². The van der Waals surface area contributed by atoms with Crippen LogP contribution in [-0.4, -0.2) is 23.8 Å². The van der Waals surface area contributed by atoms with E-state index in [1.165, 1.54) is 22.3 Å². The maximum Gasteiger partial charge on any atom is 0.0471 e. The van der Waals surface area contributed by atoms with Gasteiger partial charge < -0.3 is 10.4 Å². The molecule has 0 radical (unpaired) electrons. The highest BCUT2D eigenvalue weighted by Crippen LogP contribution is 2.16. The Labute approximate surface area is 143 Å². The van der Waals surface area contributed by atoms with Crippen molar-refractivity contribution in [1.82, 2.24) is 5.32 Å². The van der Waals surface area contributed by atoms with Crippen molar-refractivity contribution in [2.24, 2.45) is 5.92 Å². The fraction of sp³-hybridized carbons (Fsp3) is 0.619. The molecule has 0 aliphatic heterocycles. The third-order valence-electron chi connectivity index (χ3n) is 4.12. The summed E-state index contributed by atoms with van der Waals surface area (Å²) in [5, 5.41) is 12.7. The second-order valence-electron chi connectivity index (χ2n) is 7.72. The molecule has 130 valence electrons. The summed E-state index contributed by atoms with van der Waals surface area (Å²) in [6.45, 7) is 14.6. The van der Waals surface area contributed by atoms with Gasteiger partial charge in [0.2, 0.25) is 0 Å². The zero-order valence-electron chi connectivity index (χ0n) is 15.9. The van der Waals surface area contributed by atoms with E-state index in [0.29, 0.717) is 5.92 Å². The van der Waals surface area contributed by atoms with Gasteiger partial charge in [0.15, 0.2) is 0 Å². The topological polar surface area (TPSA) is 32.3 Å². The normalized spacial score (nSPS) is 13.0. The van der Waals surface area contributed by atoms with Crippen molar-refractivity contribution in [2.45, 2.75) is 66.3 Å². The Kier molecular flexibility index (Phi) is 8.01. The molecule has 1 aromatic rings. The molecule has 23 heavy (non-hydrogen) atoms. The van der Waals surface area contributed by atoms with Crippen LogP contribution >= 0.6 is 0 Å². The van der Waals surface area contributed by atoms with Crippen molar-refractivity contribution in [3.8, 4) is 0 Å². The average Bonchev–Trinajstić information content (AvgIpc) is 2.40. The molecule has 2 N–H and O–H groups in total. The van der Waals surface area contributed by atoms with Gasteiger partial charge in [-0.1, -0.05) is 43.7 Å². The Bertz CT molecular complexity index is 515. The standard InChI is InChI=1S/C21H35NO/c1-16(2)13-17(3)15-21(5,6)22-11-9-19-7-8-20(10-12-23)18(4)14-19/h7-8,14-16,22-23H,9-13H2,1-6H3/b17-15+. The molecule has 0 fully saturated rings. The molecule has 2 nitrogen and oxygen atoms in total. The molecule has 0 unspecified atom stereocenters. The number of hydrogen-bond acceptors (Lipinski definition) is 2. The van der Waals surface area contributed by atoms with E-state index >= 15 is 0 Å². The highest BCUT2D eigenvalue weighted by molar-refractivity contribution is 5.31. The predicted octanol–water partition coefficient (Wildman–Crippen LogP) is 4.43. The summed E-state index contributed by atoms with van der Waals surface area (Å²) < 4.78 is 0. The summed E-state index contributed by atoms with van der Waals surface area (Å²) in [5.41, 5.74) is 5.38.